The van der Waals surface area contributed by atoms with Crippen molar-refractivity contribution in [3.63, 3.8) is 0 Å². The maximum absolute atomic E-state index is 9.26. The smallest absolute Gasteiger partial charge is 0.0959 e. The summed E-state index contributed by atoms with van der Waals surface area (Å²) in [5.41, 5.74) is 0. The van der Waals surface area contributed by atoms with Crippen LogP contribution in [-0.4, -0.2) is 34.2 Å². The van der Waals surface area contributed by atoms with E-state index in [4.69, 9.17) is 0 Å². The van der Waals surface area contributed by atoms with Gasteiger partial charge in [-0.1, -0.05) is 0 Å². The second kappa shape index (κ2) is 4.43. The number of rotatable bonds is 4. The van der Waals surface area contributed by atoms with Crippen LogP contribution < -0.4 is 0 Å². The van der Waals surface area contributed by atoms with Crippen LogP contribution in [0, 0.1) is 0 Å². The minimum absolute atomic E-state index is 0.300. The quantitative estimate of drug-likeness (QED) is 0.871. The van der Waals surface area contributed by atoms with Gasteiger partial charge in [-0.3, -0.25) is 4.90 Å². The standard InChI is InChI=1S/C12H18N2OS/c15-8-10-2-1-5-14(10)7-11-6-13-12(16-11)9-3-4-9/h6,9-10,15H,1-5,7-8H2/t10-/m1/s1. The van der Waals surface area contributed by atoms with Crippen molar-refractivity contribution in [2.75, 3.05) is 13.2 Å². The van der Waals surface area contributed by atoms with Crippen LogP contribution >= 0.6 is 11.3 Å². The Hall–Kier alpha value is -0.450. The van der Waals surface area contributed by atoms with Crippen molar-refractivity contribution in [3.8, 4) is 0 Å². The van der Waals surface area contributed by atoms with Gasteiger partial charge < -0.3 is 5.11 Å². The minimum atomic E-state index is 0.300. The Labute approximate surface area is 100 Å². The van der Waals surface area contributed by atoms with Crippen molar-refractivity contribution in [3.05, 3.63) is 16.1 Å². The molecular formula is C12H18N2OS. The van der Waals surface area contributed by atoms with Gasteiger partial charge in [-0.05, 0) is 32.2 Å². The molecular weight excluding hydrogens is 220 g/mol. The van der Waals surface area contributed by atoms with Crippen molar-refractivity contribution in [1.29, 1.82) is 0 Å². The molecule has 3 nitrogen and oxygen atoms in total. The molecule has 1 aliphatic heterocycles. The Morgan fingerprint density at radius 2 is 2.31 bits per heavy atom. The van der Waals surface area contributed by atoms with Gasteiger partial charge in [0, 0.05) is 29.6 Å². The first kappa shape index (κ1) is 10.7. The van der Waals surface area contributed by atoms with Crippen molar-refractivity contribution in [2.45, 2.75) is 44.2 Å². The molecule has 16 heavy (non-hydrogen) atoms. The van der Waals surface area contributed by atoms with Crippen LogP contribution in [0.25, 0.3) is 0 Å². The van der Waals surface area contributed by atoms with Crippen LogP contribution in [0.2, 0.25) is 0 Å². The van der Waals surface area contributed by atoms with E-state index in [0.29, 0.717) is 12.6 Å². The number of hydrogen-bond donors (Lipinski definition) is 1. The van der Waals surface area contributed by atoms with Gasteiger partial charge in [-0.25, -0.2) is 4.98 Å². The van der Waals surface area contributed by atoms with Gasteiger partial charge >= 0.3 is 0 Å². The van der Waals surface area contributed by atoms with E-state index in [9.17, 15) is 5.11 Å². The van der Waals surface area contributed by atoms with E-state index in [0.717, 1.165) is 25.4 Å². The zero-order valence-corrected chi connectivity index (χ0v) is 10.2. The molecule has 88 valence electrons. The van der Waals surface area contributed by atoms with E-state index >= 15 is 0 Å². The van der Waals surface area contributed by atoms with Crippen molar-refractivity contribution < 1.29 is 5.11 Å². The zero-order chi connectivity index (χ0) is 11.0. The molecule has 0 radical (unpaired) electrons. The highest BCUT2D eigenvalue weighted by Gasteiger charge is 2.28. The lowest BCUT2D eigenvalue weighted by Gasteiger charge is -2.21. The van der Waals surface area contributed by atoms with Crippen LogP contribution in [0.5, 0.6) is 0 Å². The summed E-state index contributed by atoms with van der Waals surface area (Å²) in [4.78, 5) is 8.26. The van der Waals surface area contributed by atoms with Crippen LogP contribution in [0.4, 0.5) is 0 Å². The fourth-order valence-corrected chi connectivity index (χ4v) is 3.54. The third kappa shape index (κ3) is 2.14. The van der Waals surface area contributed by atoms with Gasteiger partial charge in [0.15, 0.2) is 0 Å². The Balaban J connectivity index is 1.63. The van der Waals surface area contributed by atoms with E-state index in [1.165, 1.54) is 29.1 Å². The first-order chi connectivity index (χ1) is 7.86. The van der Waals surface area contributed by atoms with Crippen LogP contribution in [-0.2, 0) is 6.54 Å². The lowest BCUT2D eigenvalue weighted by Crippen LogP contribution is -2.31. The predicted molar refractivity (Wildman–Crippen MR) is 64.6 cm³/mol. The molecule has 1 atom stereocenters. The van der Waals surface area contributed by atoms with Crippen molar-refractivity contribution in [1.82, 2.24) is 9.88 Å². The van der Waals surface area contributed by atoms with Crippen LogP contribution in [0.3, 0.4) is 0 Å². The first-order valence-electron chi connectivity index (χ1n) is 6.16. The van der Waals surface area contributed by atoms with E-state index < -0.39 is 0 Å². The Bertz CT molecular complexity index is 362. The number of thiazole rings is 1. The largest absolute Gasteiger partial charge is 0.395 e. The molecule has 0 spiro atoms. The molecule has 2 aliphatic rings. The number of aliphatic hydroxyl groups excluding tert-OH is 1. The summed E-state index contributed by atoms with van der Waals surface area (Å²) in [6.07, 6.45) is 7.06. The van der Waals surface area contributed by atoms with Crippen LogP contribution in [0.1, 0.15) is 41.5 Å². The average molecular weight is 238 g/mol. The summed E-state index contributed by atoms with van der Waals surface area (Å²) in [6, 6.07) is 0.381. The number of hydrogen-bond acceptors (Lipinski definition) is 4. The van der Waals surface area contributed by atoms with Gasteiger partial charge in [0.1, 0.15) is 0 Å². The molecule has 2 heterocycles. The molecule has 3 rings (SSSR count). The predicted octanol–water partition coefficient (Wildman–Crippen LogP) is 1.98. The molecule has 1 aromatic heterocycles. The fraction of sp³-hybridized carbons (Fsp3) is 0.750. The molecule has 0 aromatic carbocycles. The van der Waals surface area contributed by atoms with E-state index in [-0.39, 0.29) is 0 Å². The summed E-state index contributed by atoms with van der Waals surface area (Å²) in [6.45, 7) is 2.41. The van der Waals surface area contributed by atoms with Gasteiger partial charge in [-0.15, -0.1) is 11.3 Å². The van der Waals surface area contributed by atoms with Crippen molar-refractivity contribution >= 4 is 11.3 Å². The topological polar surface area (TPSA) is 36.4 Å². The molecule has 1 aliphatic carbocycles. The van der Waals surface area contributed by atoms with E-state index in [2.05, 4.69) is 9.88 Å². The summed E-state index contributed by atoms with van der Waals surface area (Å²) in [5, 5.41) is 10.6. The van der Waals surface area contributed by atoms with Gasteiger partial charge in [-0.2, -0.15) is 0 Å². The first-order valence-corrected chi connectivity index (χ1v) is 6.98. The number of aliphatic hydroxyl groups is 1. The number of aromatic nitrogens is 1. The lowest BCUT2D eigenvalue weighted by molar-refractivity contribution is 0.154. The molecule has 2 fully saturated rings. The van der Waals surface area contributed by atoms with E-state index in [1.54, 1.807) is 0 Å². The number of nitrogens with zero attached hydrogens (tertiary/aromatic N) is 2. The second-order valence-electron chi connectivity index (χ2n) is 4.89. The average Bonchev–Trinajstić information content (AvgIpc) is 2.88. The monoisotopic (exact) mass is 238 g/mol. The van der Waals surface area contributed by atoms with Gasteiger partial charge in [0.2, 0.25) is 0 Å². The third-order valence-corrected chi connectivity index (χ3v) is 4.71. The Kier molecular flexibility index (Phi) is 2.96. The third-order valence-electron chi connectivity index (χ3n) is 3.57. The highest BCUT2D eigenvalue weighted by molar-refractivity contribution is 7.11. The molecule has 1 saturated heterocycles. The Morgan fingerprint density at radius 1 is 1.44 bits per heavy atom. The molecule has 1 N–H and O–H groups in total. The maximum atomic E-state index is 9.26. The molecule has 1 saturated carbocycles. The summed E-state index contributed by atoms with van der Waals surface area (Å²) >= 11 is 1.87. The molecule has 0 unspecified atom stereocenters. The second-order valence-corrected chi connectivity index (χ2v) is 6.03. The van der Waals surface area contributed by atoms with Crippen LogP contribution in [0.15, 0.2) is 6.20 Å². The minimum Gasteiger partial charge on any atom is -0.395 e. The van der Waals surface area contributed by atoms with Crippen molar-refractivity contribution in [2.24, 2.45) is 0 Å². The van der Waals surface area contributed by atoms with Gasteiger partial charge in [0.25, 0.3) is 0 Å². The zero-order valence-electron chi connectivity index (χ0n) is 9.43. The SMILES string of the molecule is OC[C@H]1CCCN1Cc1cnc(C2CC2)s1. The summed E-state index contributed by atoms with van der Waals surface area (Å²) in [5.74, 6) is 0.769. The Morgan fingerprint density at radius 3 is 3.06 bits per heavy atom. The number of likely N-dealkylation sites (tertiary alicyclic amines) is 1. The highest BCUT2D eigenvalue weighted by Crippen LogP contribution is 2.42. The lowest BCUT2D eigenvalue weighted by atomic mass is 10.2. The molecule has 4 heteroatoms. The normalized spacial score (nSPS) is 26.4. The molecule has 0 amide bonds. The van der Waals surface area contributed by atoms with Gasteiger partial charge in [0.05, 0.1) is 11.6 Å². The molecule has 1 aromatic rings. The fourth-order valence-electron chi connectivity index (χ4n) is 2.42. The highest BCUT2D eigenvalue weighted by atomic mass is 32.1. The molecule has 0 bridgehead atoms. The van der Waals surface area contributed by atoms with E-state index in [1.807, 2.05) is 17.5 Å². The maximum Gasteiger partial charge on any atom is 0.0959 e. The summed E-state index contributed by atoms with van der Waals surface area (Å²) < 4.78 is 0. The summed E-state index contributed by atoms with van der Waals surface area (Å²) in [7, 11) is 0.